The predicted octanol–water partition coefficient (Wildman–Crippen LogP) is 2.68. The highest BCUT2D eigenvalue weighted by atomic mass is 19.1. The van der Waals surface area contributed by atoms with Gasteiger partial charge in [-0.3, -0.25) is 4.79 Å². The zero-order chi connectivity index (χ0) is 13.8. The molecule has 2 rings (SSSR count). The number of nitrogens with one attached hydrogen (secondary N) is 1. The monoisotopic (exact) mass is 266 g/mol. The van der Waals surface area contributed by atoms with Crippen molar-refractivity contribution in [3.63, 3.8) is 0 Å². The third-order valence-electron chi connectivity index (χ3n) is 2.37. The van der Waals surface area contributed by atoms with Crippen LogP contribution in [0.5, 0.6) is 0 Å². The van der Waals surface area contributed by atoms with E-state index in [0.29, 0.717) is 5.56 Å². The van der Waals surface area contributed by atoms with E-state index in [-0.39, 0.29) is 12.1 Å². The molecule has 1 N–H and O–H groups in total. The highest BCUT2D eigenvalue weighted by Gasteiger charge is 2.09. The van der Waals surface area contributed by atoms with Crippen molar-refractivity contribution in [1.29, 1.82) is 0 Å². The summed E-state index contributed by atoms with van der Waals surface area (Å²) in [6.45, 7) is 0. The summed E-state index contributed by atoms with van der Waals surface area (Å²) in [5.41, 5.74) is 0.378. The van der Waals surface area contributed by atoms with Gasteiger partial charge >= 0.3 is 0 Å². The first-order valence-corrected chi connectivity index (χ1v) is 5.41. The number of halogens is 3. The number of carbonyl (C=O) groups is 1. The normalized spacial score (nSPS) is 10.3. The van der Waals surface area contributed by atoms with E-state index < -0.39 is 23.6 Å². The van der Waals surface area contributed by atoms with Gasteiger partial charge in [0.1, 0.15) is 5.82 Å². The van der Waals surface area contributed by atoms with Gasteiger partial charge in [0, 0.05) is 0 Å². The molecule has 0 saturated carbocycles. The number of rotatable bonds is 3. The molecule has 0 aliphatic carbocycles. The minimum atomic E-state index is -1.09. The lowest BCUT2D eigenvalue weighted by Gasteiger charge is -2.05. The van der Waals surface area contributed by atoms with Gasteiger partial charge in [0.05, 0.1) is 12.1 Å². The van der Waals surface area contributed by atoms with Gasteiger partial charge in [-0.1, -0.05) is 12.1 Å². The maximum absolute atomic E-state index is 13.2. The molecule has 0 spiro atoms. The van der Waals surface area contributed by atoms with Crippen LogP contribution in [0.1, 0.15) is 5.56 Å². The number of carbonyl (C=O) groups excluding carboxylic acids is 1. The molecule has 0 bridgehead atoms. The maximum Gasteiger partial charge on any atom is 0.239 e. The molecule has 0 atom stereocenters. The molecule has 6 heteroatoms. The van der Waals surface area contributed by atoms with Crippen molar-refractivity contribution >= 4 is 11.6 Å². The minimum Gasteiger partial charge on any atom is -0.322 e. The highest BCUT2D eigenvalue weighted by Crippen LogP contribution is 2.12. The second kappa shape index (κ2) is 5.51. The number of aromatic nitrogens is 1. The summed E-state index contributed by atoms with van der Waals surface area (Å²) in [6, 6.07) is 7.38. The van der Waals surface area contributed by atoms with E-state index in [1.54, 1.807) is 0 Å². The second-order valence-electron chi connectivity index (χ2n) is 3.82. The van der Waals surface area contributed by atoms with Crippen LogP contribution in [0.2, 0.25) is 0 Å². The summed E-state index contributed by atoms with van der Waals surface area (Å²) in [4.78, 5) is 14.6. The van der Waals surface area contributed by atoms with Gasteiger partial charge in [-0.2, -0.15) is 13.8 Å². The highest BCUT2D eigenvalue weighted by molar-refractivity contribution is 5.92. The second-order valence-corrected chi connectivity index (χ2v) is 3.82. The predicted molar refractivity (Wildman–Crippen MR) is 62.9 cm³/mol. The molecule has 0 aliphatic rings. The van der Waals surface area contributed by atoms with Gasteiger partial charge in [-0.25, -0.2) is 4.39 Å². The zero-order valence-corrected chi connectivity index (χ0v) is 9.66. The van der Waals surface area contributed by atoms with Crippen molar-refractivity contribution in [3.05, 3.63) is 59.7 Å². The van der Waals surface area contributed by atoms with Crippen molar-refractivity contribution in [1.82, 2.24) is 4.98 Å². The van der Waals surface area contributed by atoms with Crippen LogP contribution in [0.25, 0.3) is 0 Å². The van der Waals surface area contributed by atoms with Gasteiger partial charge in [-0.15, -0.1) is 0 Å². The quantitative estimate of drug-likeness (QED) is 0.868. The Hall–Kier alpha value is -2.37. The summed E-state index contributed by atoms with van der Waals surface area (Å²) in [5.74, 6) is -2.96. The third-order valence-corrected chi connectivity index (χ3v) is 2.37. The Morgan fingerprint density at radius 1 is 1.05 bits per heavy atom. The SMILES string of the molecule is O=C(Cc1ccc(F)cc1)Nc1ccc(F)nc1F. The third kappa shape index (κ3) is 3.54. The van der Waals surface area contributed by atoms with Gasteiger partial charge < -0.3 is 5.32 Å². The number of amides is 1. The first-order valence-electron chi connectivity index (χ1n) is 5.41. The molecule has 3 nitrogen and oxygen atoms in total. The van der Waals surface area contributed by atoms with Crippen molar-refractivity contribution in [2.75, 3.05) is 5.32 Å². The molecule has 0 radical (unpaired) electrons. The molecule has 0 aliphatic heterocycles. The number of pyridine rings is 1. The lowest BCUT2D eigenvalue weighted by atomic mass is 10.1. The summed E-state index contributed by atoms with van der Waals surface area (Å²) in [5, 5.41) is 2.26. The van der Waals surface area contributed by atoms with Crippen LogP contribution in [-0.2, 0) is 11.2 Å². The van der Waals surface area contributed by atoms with Crippen LogP contribution in [0.15, 0.2) is 36.4 Å². The van der Waals surface area contributed by atoms with Crippen LogP contribution in [0.3, 0.4) is 0 Å². The molecule has 1 aromatic carbocycles. The summed E-state index contributed by atoms with van der Waals surface area (Å²) in [6.07, 6.45) is -0.0445. The standard InChI is InChI=1S/C13H9F3N2O/c14-9-3-1-8(2-4-9)7-12(19)17-10-5-6-11(15)18-13(10)16/h1-6H,7H2,(H,17,19). The Labute approximate surface area is 107 Å². The number of hydrogen-bond acceptors (Lipinski definition) is 2. The van der Waals surface area contributed by atoms with Crippen LogP contribution < -0.4 is 5.32 Å². The summed E-state index contributed by atoms with van der Waals surface area (Å²) < 4.78 is 38.4. The fourth-order valence-corrected chi connectivity index (χ4v) is 1.49. The number of nitrogens with zero attached hydrogens (tertiary/aromatic N) is 1. The molecule has 1 aromatic heterocycles. The van der Waals surface area contributed by atoms with Crippen molar-refractivity contribution in [2.45, 2.75) is 6.42 Å². The minimum absolute atomic E-state index is 0.0445. The Morgan fingerprint density at radius 2 is 1.74 bits per heavy atom. The Bertz CT molecular complexity index is 599. The first kappa shape index (κ1) is 13.1. The van der Waals surface area contributed by atoms with Gasteiger partial charge in [-0.05, 0) is 29.8 Å². The average molecular weight is 266 g/mol. The lowest BCUT2D eigenvalue weighted by molar-refractivity contribution is -0.115. The molecule has 0 saturated heterocycles. The zero-order valence-electron chi connectivity index (χ0n) is 9.66. The van der Waals surface area contributed by atoms with Crippen LogP contribution in [0.4, 0.5) is 18.9 Å². The van der Waals surface area contributed by atoms with E-state index in [0.717, 1.165) is 12.1 Å². The van der Waals surface area contributed by atoms with Crippen molar-refractivity contribution in [3.8, 4) is 0 Å². The van der Waals surface area contributed by atoms with E-state index in [1.807, 2.05) is 0 Å². The topological polar surface area (TPSA) is 42.0 Å². The van der Waals surface area contributed by atoms with E-state index in [1.165, 1.54) is 24.3 Å². The maximum atomic E-state index is 13.2. The molecule has 0 fully saturated rings. The largest absolute Gasteiger partial charge is 0.322 e. The van der Waals surface area contributed by atoms with Crippen LogP contribution in [-0.4, -0.2) is 10.9 Å². The van der Waals surface area contributed by atoms with Crippen LogP contribution >= 0.6 is 0 Å². The van der Waals surface area contributed by atoms with E-state index in [4.69, 9.17) is 0 Å². The molecule has 1 amide bonds. The fraction of sp³-hybridized carbons (Fsp3) is 0.0769. The molecular formula is C13H9F3N2O. The van der Waals surface area contributed by atoms with Gasteiger partial charge in [0.2, 0.25) is 17.8 Å². The Kier molecular flexibility index (Phi) is 3.79. The van der Waals surface area contributed by atoms with Crippen molar-refractivity contribution in [2.24, 2.45) is 0 Å². The molecule has 1 heterocycles. The fourth-order valence-electron chi connectivity index (χ4n) is 1.49. The first-order chi connectivity index (χ1) is 9.04. The molecule has 0 unspecified atom stereocenters. The van der Waals surface area contributed by atoms with Crippen molar-refractivity contribution < 1.29 is 18.0 Å². The van der Waals surface area contributed by atoms with Gasteiger partial charge in [0.25, 0.3) is 0 Å². The lowest BCUT2D eigenvalue weighted by Crippen LogP contribution is -2.16. The average Bonchev–Trinajstić information content (AvgIpc) is 2.36. The van der Waals surface area contributed by atoms with Gasteiger partial charge in [0.15, 0.2) is 0 Å². The number of hydrogen-bond donors (Lipinski definition) is 1. The van der Waals surface area contributed by atoms with Crippen LogP contribution in [0, 0.1) is 17.7 Å². The van der Waals surface area contributed by atoms with E-state index >= 15 is 0 Å². The van der Waals surface area contributed by atoms with E-state index in [2.05, 4.69) is 10.3 Å². The number of benzene rings is 1. The number of anilines is 1. The summed E-state index contributed by atoms with van der Waals surface area (Å²) >= 11 is 0. The summed E-state index contributed by atoms with van der Waals surface area (Å²) in [7, 11) is 0. The molecule has 19 heavy (non-hydrogen) atoms. The smallest absolute Gasteiger partial charge is 0.239 e. The molecular weight excluding hydrogens is 257 g/mol. The Balaban J connectivity index is 2.03. The Morgan fingerprint density at radius 3 is 2.37 bits per heavy atom. The molecule has 2 aromatic rings. The van der Waals surface area contributed by atoms with E-state index in [9.17, 15) is 18.0 Å². The molecule has 98 valence electrons.